The van der Waals surface area contributed by atoms with Crippen LogP contribution in [0.2, 0.25) is 0 Å². The summed E-state index contributed by atoms with van der Waals surface area (Å²) in [4.78, 5) is 24.5. The van der Waals surface area contributed by atoms with Crippen LogP contribution in [0.5, 0.6) is 0 Å². The SMILES string of the molecule is CCN1/C(=C2/SC(=Nc3ccc(Br)cc3)N(Cc3ccccc3)C2=O)Sc2ccccc21. The highest BCUT2D eigenvalue weighted by Gasteiger charge is 2.39. The summed E-state index contributed by atoms with van der Waals surface area (Å²) in [5, 5.41) is 1.69. The van der Waals surface area contributed by atoms with E-state index in [1.807, 2.05) is 66.7 Å². The van der Waals surface area contributed by atoms with Crippen LogP contribution in [-0.4, -0.2) is 22.5 Å². The highest BCUT2D eigenvalue weighted by Crippen LogP contribution is 2.50. The van der Waals surface area contributed by atoms with E-state index in [9.17, 15) is 4.79 Å². The molecule has 0 unspecified atom stereocenters. The van der Waals surface area contributed by atoms with Crippen LogP contribution < -0.4 is 4.90 Å². The van der Waals surface area contributed by atoms with Gasteiger partial charge in [-0.2, -0.15) is 0 Å². The topological polar surface area (TPSA) is 35.9 Å². The van der Waals surface area contributed by atoms with Gasteiger partial charge in [-0.05, 0) is 60.6 Å². The van der Waals surface area contributed by atoms with Crippen molar-refractivity contribution in [1.82, 2.24) is 4.90 Å². The molecule has 0 aliphatic carbocycles. The number of carbonyl (C=O) groups excluding carboxylic acids is 1. The molecule has 1 amide bonds. The summed E-state index contributed by atoms with van der Waals surface area (Å²) >= 11 is 6.60. The number of hydrogen-bond donors (Lipinski definition) is 0. The van der Waals surface area contributed by atoms with E-state index in [4.69, 9.17) is 4.99 Å². The van der Waals surface area contributed by atoms with Gasteiger partial charge in [-0.1, -0.05) is 70.2 Å². The Hall–Kier alpha value is -2.48. The summed E-state index contributed by atoms with van der Waals surface area (Å²) < 4.78 is 0.999. The zero-order chi connectivity index (χ0) is 22.1. The first-order chi connectivity index (χ1) is 15.6. The third-order valence-corrected chi connectivity index (χ3v) is 8.12. The van der Waals surface area contributed by atoms with Crippen molar-refractivity contribution in [3.05, 3.63) is 98.8 Å². The van der Waals surface area contributed by atoms with Gasteiger partial charge in [0.15, 0.2) is 5.17 Å². The summed E-state index contributed by atoms with van der Waals surface area (Å²) in [7, 11) is 0. The molecule has 5 rings (SSSR count). The molecule has 4 nitrogen and oxygen atoms in total. The lowest BCUT2D eigenvalue weighted by molar-refractivity contribution is -0.122. The van der Waals surface area contributed by atoms with E-state index in [0.29, 0.717) is 11.7 Å². The average Bonchev–Trinajstić information content (AvgIpc) is 3.33. The number of benzene rings is 3. The smallest absolute Gasteiger partial charge is 0.269 e. The van der Waals surface area contributed by atoms with Crippen molar-refractivity contribution in [2.45, 2.75) is 18.4 Å². The molecule has 0 radical (unpaired) electrons. The second-order valence-corrected chi connectivity index (χ2v) is 10.2. The van der Waals surface area contributed by atoms with Crippen LogP contribution in [0.1, 0.15) is 12.5 Å². The molecule has 160 valence electrons. The van der Waals surface area contributed by atoms with Gasteiger partial charge in [-0.15, -0.1) is 0 Å². The highest BCUT2D eigenvalue weighted by atomic mass is 79.9. The van der Waals surface area contributed by atoms with Gasteiger partial charge in [-0.3, -0.25) is 9.69 Å². The van der Waals surface area contributed by atoms with Crippen LogP contribution in [0.3, 0.4) is 0 Å². The number of hydrogen-bond acceptors (Lipinski definition) is 5. The van der Waals surface area contributed by atoms with Crippen molar-refractivity contribution in [2.24, 2.45) is 4.99 Å². The molecule has 3 aromatic rings. The summed E-state index contributed by atoms with van der Waals surface area (Å²) in [6, 6.07) is 26.2. The standard InChI is InChI=1S/C25H20BrN3OS2/c1-2-28-20-10-6-7-11-21(20)31-24(28)22-23(30)29(16-17-8-4-3-5-9-17)25(32-22)27-19-14-12-18(26)13-15-19/h3-15H,2,16H2,1H3/b24-22-,27-25?. The molecule has 0 atom stereocenters. The lowest BCUT2D eigenvalue weighted by atomic mass is 10.2. The normalized spacial score (nSPS) is 19.2. The van der Waals surface area contributed by atoms with Crippen LogP contribution in [0.15, 0.2) is 103 Å². The molecular formula is C25H20BrN3OS2. The van der Waals surface area contributed by atoms with Crippen molar-refractivity contribution >= 4 is 61.9 Å². The zero-order valence-corrected chi connectivity index (χ0v) is 20.6. The van der Waals surface area contributed by atoms with E-state index in [1.165, 1.54) is 16.7 Å². The number of amidine groups is 1. The van der Waals surface area contributed by atoms with Crippen molar-refractivity contribution < 1.29 is 4.79 Å². The molecule has 0 spiro atoms. The van der Waals surface area contributed by atoms with Gasteiger partial charge in [0.2, 0.25) is 0 Å². The molecule has 1 saturated heterocycles. The molecule has 32 heavy (non-hydrogen) atoms. The van der Waals surface area contributed by atoms with Gasteiger partial charge in [0.1, 0.15) is 9.93 Å². The quantitative estimate of drug-likeness (QED) is 0.345. The maximum atomic E-state index is 13.7. The Morgan fingerprint density at radius 3 is 2.34 bits per heavy atom. The molecule has 2 aliphatic heterocycles. The van der Waals surface area contributed by atoms with E-state index in [-0.39, 0.29) is 5.91 Å². The number of halogens is 1. The van der Waals surface area contributed by atoms with E-state index in [0.717, 1.165) is 37.9 Å². The second kappa shape index (κ2) is 9.17. The van der Waals surface area contributed by atoms with Crippen LogP contribution >= 0.6 is 39.5 Å². The molecule has 0 saturated carbocycles. The molecule has 2 aliphatic rings. The Morgan fingerprint density at radius 2 is 1.59 bits per heavy atom. The first-order valence-electron chi connectivity index (χ1n) is 10.3. The van der Waals surface area contributed by atoms with E-state index in [2.05, 4.69) is 39.9 Å². The maximum absolute atomic E-state index is 13.7. The van der Waals surface area contributed by atoms with E-state index < -0.39 is 0 Å². The molecule has 1 fully saturated rings. The Balaban J connectivity index is 1.56. The fourth-order valence-electron chi connectivity index (χ4n) is 3.67. The van der Waals surface area contributed by atoms with Crippen molar-refractivity contribution in [3.8, 4) is 0 Å². The molecule has 3 aromatic carbocycles. The third-order valence-electron chi connectivity index (χ3n) is 5.22. The molecule has 7 heteroatoms. The first-order valence-corrected chi connectivity index (χ1v) is 12.7. The zero-order valence-electron chi connectivity index (χ0n) is 17.4. The number of rotatable bonds is 4. The van der Waals surface area contributed by atoms with Crippen LogP contribution in [0.25, 0.3) is 0 Å². The Labute approximate surface area is 204 Å². The fraction of sp³-hybridized carbons (Fsp3) is 0.120. The third kappa shape index (κ3) is 4.12. The number of carbonyl (C=O) groups is 1. The number of thioether (sulfide) groups is 2. The van der Waals surface area contributed by atoms with Crippen LogP contribution in [-0.2, 0) is 11.3 Å². The van der Waals surface area contributed by atoms with Crippen molar-refractivity contribution in [2.75, 3.05) is 11.4 Å². The molecule has 0 N–H and O–H groups in total. The summed E-state index contributed by atoms with van der Waals surface area (Å²) in [6.07, 6.45) is 0. The number of amides is 1. The monoisotopic (exact) mass is 521 g/mol. The average molecular weight is 522 g/mol. The molecular weight excluding hydrogens is 502 g/mol. The lowest BCUT2D eigenvalue weighted by Crippen LogP contribution is -2.29. The molecule has 2 heterocycles. The van der Waals surface area contributed by atoms with Gasteiger partial charge >= 0.3 is 0 Å². The predicted octanol–water partition coefficient (Wildman–Crippen LogP) is 7.01. The number of fused-ring (bicyclic) bond motifs is 1. The largest absolute Gasteiger partial charge is 0.334 e. The summed E-state index contributed by atoms with van der Waals surface area (Å²) in [5.74, 6) is 0.00321. The Morgan fingerprint density at radius 1 is 0.875 bits per heavy atom. The highest BCUT2D eigenvalue weighted by molar-refractivity contribution is 9.10. The first kappa shape index (κ1) is 21.4. The Kier molecular flexibility index (Phi) is 6.13. The molecule has 0 bridgehead atoms. The van der Waals surface area contributed by atoms with Crippen LogP contribution in [0.4, 0.5) is 11.4 Å². The molecule has 0 aromatic heterocycles. The van der Waals surface area contributed by atoms with Crippen molar-refractivity contribution in [3.63, 3.8) is 0 Å². The fourth-order valence-corrected chi connectivity index (χ4v) is 6.32. The predicted molar refractivity (Wildman–Crippen MR) is 138 cm³/mol. The number of anilines is 1. The van der Waals surface area contributed by atoms with Gasteiger partial charge in [0.05, 0.1) is 17.9 Å². The minimum Gasteiger partial charge on any atom is -0.334 e. The number of aliphatic imine (C=N–C) groups is 1. The maximum Gasteiger partial charge on any atom is 0.269 e. The number of para-hydroxylation sites is 1. The second-order valence-electron chi connectivity index (χ2n) is 7.30. The lowest BCUT2D eigenvalue weighted by Gasteiger charge is -2.19. The summed E-state index contributed by atoms with van der Waals surface area (Å²) in [5.41, 5.74) is 3.05. The van der Waals surface area contributed by atoms with E-state index in [1.54, 1.807) is 16.7 Å². The van der Waals surface area contributed by atoms with Crippen LogP contribution in [0, 0.1) is 0 Å². The van der Waals surface area contributed by atoms with Gasteiger partial charge in [0.25, 0.3) is 5.91 Å². The van der Waals surface area contributed by atoms with E-state index >= 15 is 0 Å². The minimum absolute atomic E-state index is 0.00321. The van der Waals surface area contributed by atoms with Gasteiger partial charge in [-0.25, -0.2) is 4.99 Å². The Bertz CT molecular complexity index is 1230. The number of nitrogens with zero attached hydrogens (tertiary/aromatic N) is 3. The summed E-state index contributed by atoms with van der Waals surface area (Å²) in [6.45, 7) is 3.41. The van der Waals surface area contributed by atoms with Gasteiger partial charge < -0.3 is 4.90 Å². The van der Waals surface area contributed by atoms with Gasteiger partial charge in [0, 0.05) is 15.9 Å². The van der Waals surface area contributed by atoms with Crippen molar-refractivity contribution in [1.29, 1.82) is 0 Å². The minimum atomic E-state index is 0.00321.